The number of nitrogens with one attached hydrogen (secondary N) is 1. The molecule has 0 saturated carbocycles. The van der Waals surface area contributed by atoms with E-state index in [2.05, 4.69) is 16.6 Å². The number of carboxylic acid groups (broad SMARTS) is 1. The number of amides is 1. The summed E-state index contributed by atoms with van der Waals surface area (Å²) in [5.41, 5.74) is 0. The second-order valence-electron chi connectivity index (χ2n) is 2.38. The van der Waals surface area contributed by atoms with E-state index in [0.717, 1.165) is 0 Å². The van der Waals surface area contributed by atoms with Crippen LogP contribution in [-0.2, 0) is 9.53 Å². The summed E-state index contributed by atoms with van der Waals surface area (Å²) in [6, 6.07) is -0.915. The summed E-state index contributed by atoms with van der Waals surface area (Å²) in [6.45, 7) is 3.42. The Morgan fingerprint density at radius 1 is 1.71 bits per heavy atom. The molecule has 2 N–H and O–H groups in total. The number of hydrogen-bond donors (Lipinski definition) is 2. The molecule has 0 aromatic heterocycles. The number of thioether (sulfide) groups is 1. The van der Waals surface area contributed by atoms with Crippen LogP contribution in [0.1, 0.15) is 0 Å². The molecule has 0 spiro atoms. The van der Waals surface area contributed by atoms with Crippen LogP contribution in [0.5, 0.6) is 0 Å². The molecule has 0 unspecified atom stereocenters. The van der Waals surface area contributed by atoms with Gasteiger partial charge in [0.2, 0.25) is 0 Å². The van der Waals surface area contributed by atoms with Crippen LogP contribution < -0.4 is 5.32 Å². The summed E-state index contributed by atoms with van der Waals surface area (Å²) >= 11 is 1.33. The smallest absolute Gasteiger partial charge is 0.408 e. The van der Waals surface area contributed by atoms with Gasteiger partial charge in [0.25, 0.3) is 0 Å². The number of rotatable bonds is 6. The molecule has 0 aromatic carbocycles. The van der Waals surface area contributed by atoms with E-state index in [1.807, 2.05) is 0 Å². The first-order chi connectivity index (χ1) is 6.61. The Hall–Kier alpha value is -1.17. The monoisotopic (exact) mass is 219 g/mol. The maximum Gasteiger partial charge on any atom is 0.408 e. The topological polar surface area (TPSA) is 75.6 Å². The molecule has 0 aromatic rings. The van der Waals surface area contributed by atoms with Crippen LogP contribution in [0.15, 0.2) is 12.7 Å². The molecule has 1 amide bonds. The van der Waals surface area contributed by atoms with Crippen molar-refractivity contribution in [3.05, 3.63) is 12.7 Å². The van der Waals surface area contributed by atoms with Crippen molar-refractivity contribution in [3.63, 3.8) is 0 Å². The molecule has 0 saturated heterocycles. The minimum absolute atomic E-state index is 0.0669. The summed E-state index contributed by atoms with van der Waals surface area (Å²) in [5.74, 6) is -0.770. The van der Waals surface area contributed by atoms with Crippen LogP contribution in [0, 0.1) is 0 Å². The molecule has 1 atom stereocenters. The minimum Gasteiger partial charge on any atom is -0.480 e. The van der Waals surface area contributed by atoms with Crippen LogP contribution >= 0.6 is 11.8 Å². The Balaban J connectivity index is 3.95. The predicted molar refractivity (Wildman–Crippen MR) is 54.5 cm³/mol. The highest BCUT2D eigenvalue weighted by molar-refractivity contribution is 7.98. The fourth-order valence-corrected chi connectivity index (χ4v) is 1.22. The van der Waals surface area contributed by atoms with E-state index in [9.17, 15) is 9.59 Å². The van der Waals surface area contributed by atoms with Gasteiger partial charge in [-0.3, -0.25) is 0 Å². The molecule has 0 rings (SSSR count). The van der Waals surface area contributed by atoms with Crippen LogP contribution in [-0.4, -0.2) is 41.8 Å². The maximum absolute atomic E-state index is 10.9. The van der Waals surface area contributed by atoms with Crippen molar-refractivity contribution in [1.29, 1.82) is 0 Å². The Morgan fingerprint density at radius 2 is 2.36 bits per heavy atom. The summed E-state index contributed by atoms with van der Waals surface area (Å²) < 4.78 is 4.58. The molecule has 0 bridgehead atoms. The third kappa shape index (κ3) is 5.47. The molecule has 80 valence electrons. The number of carboxylic acids is 1. The van der Waals surface area contributed by atoms with Crippen LogP contribution in [0.3, 0.4) is 0 Å². The lowest BCUT2D eigenvalue weighted by molar-refractivity contribution is -0.138. The summed E-state index contributed by atoms with van der Waals surface area (Å²) in [5, 5.41) is 10.9. The van der Waals surface area contributed by atoms with Crippen molar-refractivity contribution in [2.75, 3.05) is 18.6 Å². The van der Waals surface area contributed by atoms with Crippen molar-refractivity contribution in [1.82, 2.24) is 5.32 Å². The van der Waals surface area contributed by atoms with Crippen molar-refractivity contribution < 1.29 is 19.4 Å². The highest BCUT2D eigenvalue weighted by Crippen LogP contribution is 1.98. The lowest BCUT2D eigenvalue weighted by Crippen LogP contribution is -2.42. The van der Waals surface area contributed by atoms with Crippen molar-refractivity contribution >= 4 is 23.8 Å². The molecule has 6 heteroatoms. The van der Waals surface area contributed by atoms with Gasteiger partial charge in [-0.25, -0.2) is 9.59 Å². The summed E-state index contributed by atoms with van der Waals surface area (Å²) in [7, 11) is 0. The van der Waals surface area contributed by atoms with Gasteiger partial charge in [-0.2, -0.15) is 11.8 Å². The Labute approximate surface area is 86.5 Å². The molecule has 0 aliphatic carbocycles. The van der Waals surface area contributed by atoms with Gasteiger partial charge < -0.3 is 15.2 Å². The second-order valence-corrected chi connectivity index (χ2v) is 3.29. The largest absolute Gasteiger partial charge is 0.480 e. The van der Waals surface area contributed by atoms with Gasteiger partial charge in [0.15, 0.2) is 0 Å². The highest BCUT2D eigenvalue weighted by Gasteiger charge is 2.19. The first kappa shape index (κ1) is 12.8. The zero-order valence-corrected chi connectivity index (χ0v) is 8.67. The van der Waals surface area contributed by atoms with Crippen molar-refractivity contribution in [2.24, 2.45) is 0 Å². The number of hydrogen-bond acceptors (Lipinski definition) is 4. The first-order valence-corrected chi connectivity index (χ1v) is 5.27. The molecule has 14 heavy (non-hydrogen) atoms. The summed E-state index contributed by atoms with van der Waals surface area (Å²) in [4.78, 5) is 21.5. The van der Waals surface area contributed by atoms with Crippen molar-refractivity contribution in [2.45, 2.75) is 6.04 Å². The molecule has 0 aliphatic rings. The maximum atomic E-state index is 10.9. The molecule has 0 aliphatic heterocycles. The van der Waals surface area contributed by atoms with E-state index in [1.165, 1.54) is 17.8 Å². The molecule has 0 radical (unpaired) electrons. The van der Waals surface area contributed by atoms with Gasteiger partial charge in [0.1, 0.15) is 12.6 Å². The average Bonchev–Trinajstić information content (AvgIpc) is 2.14. The third-order valence-electron chi connectivity index (χ3n) is 1.26. The Bertz CT molecular complexity index is 219. The van der Waals surface area contributed by atoms with E-state index in [0.29, 0.717) is 5.75 Å². The normalized spacial score (nSPS) is 11.5. The van der Waals surface area contributed by atoms with Crippen molar-refractivity contribution in [3.8, 4) is 0 Å². The average molecular weight is 219 g/mol. The highest BCUT2D eigenvalue weighted by atomic mass is 32.2. The van der Waals surface area contributed by atoms with Crippen LogP contribution in [0.2, 0.25) is 0 Å². The van der Waals surface area contributed by atoms with Gasteiger partial charge in [0.05, 0.1) is 0 Å². The first-order valence-electron chi connectivity index (χ1n) is 3.87. The van der Waals surface area contributed by atoms with E-state index in [1.54, 1.807) is 6.26 Å². The number of alkyl carbamates (subject to hydrolysis) is 1. The number of carbonyl (C=O) groups excluding carboxylic acids is 1. The minimum atomic E-state index is -1.07. The van der Waals surface area contributed by atoms with Gasteiger partial charge in [-0.05, 0) is 6.26 Å². The Morgan fingerprint density at radius 3 is 2.79 bits per heavy atom. The molecule has 5 nitrogen and oxygen atoms in total. The lowest BCUT2D eigenvalue weighted by Gasteiger charge is -2.12. The fraction of sp³-hybridized carbons (Fsp3) is 0.500. The van der Waals surface area contributed by atoms with E-state index >= 15 is 0 Å². The zero-order chi connectivity index (χ0) is 11.0. The standard InChI is InChI=1S/C8H13NO4S/c1-3-4-13-8(12)9-6(5-14-2)7(10)11/h3,6H,1,4-5H2,2H3,(H,9,12)(H,10,11)/t6-/m0/s1. The van der Waals surface area contributed by atoms with Gasteiger partial charge in [-0.1, -0.05) is 12.7 Å². The molecule has 0 heterocycles. The van der Waals surface area contributed by atoms with E-state index in [-0.39, 0.29) is 6.61 Å². The number of aliphatic carboxylic acids is 1. The lowest BCUT2D eigenvalue weighted by atomic mass is 10.3. The van der Waals surface area contributed by atoms with Crippen LogP contribution in [0.4, 0.5) is 4.79 Å². The van der Waals surface area contributed by atoms with E-state index in [4.69, 9.17) is 5.11 Å². The molecule has 0 fully saturated rings. The second kappa shape index (κ2) is 7.25. The summed E-state index contributed by atoms with van der Waals surface area (Å²) in [6.07, 6.45) is 2.42. The fourth-order valence-electron chi connectivity index (χ4n) is 0.660. The molecular weight excluding hydrogens is 206 g/mol. The SMILES string of the molecule is C=CCOC(=O)N[C@@H](CSC)C(=O)O. The van der Waals surface area contributed by atoms with Gasteiger partial charge in [-0.15, -0.1) is 0 Å². The number of ether oxygens (including phenoxy) is 1. The van der Waals surface area contributed by atoms with Gasteiger partial charge in [0, 0.05) is 5.75 Å². The Kier molecular flexibility index (Phi) is 6.65. The van der Waals surface area contributed by atoms with Crippen LogP contribution in [0.25, 0.3) is 0 Å². The predicted octanol–water partition coefficient (Wildman–Crippen LogP) is 0.715. The quantitative estimate of drug-likeness (QED) is 0.644. The molecular formula is C8H13NO4S. The van der Waals surface area contributed by atoms with Gasteiger partial charge >= 0.3 is 12.1 Å². The van der Waals surface area contributed by atoms with E-state index < -0.39 is 18.1 Å². The number of carbonyl (C=O) groups is 2. The zero-order valence-electron chi connectivity index (χ0n) is 7.86. The third-order valence-corrected chi connectivity index (χ3v) is 1.92.